The average Bonchev–Trinajstić information content (AvgIpc) is 2.03. The highest BCUT2D eigenvalue weighted by molar-refractivity contribution is 7.46. The summed E-state index contributed by atoms with van der Waals surface area (Å²) in [5.74, 6) is 0. The first-order chi connectivity index (χ1) is 5.99. The minimum Gasteiger partial charge on any atom is -0.303 e. The molecule has 0 spiro atoms. The number of fused-ring (bicyclic) bond motifs is 3. The van der Waals surface area contributed by atoms with Gasteiger partial charge in [0.1, 0.15) is 0 Å². The van der Waals surface area contributed by atoms with E-state index in [1.54, 1.807) is 0 Å². The highest BCUT2D eigenvalue weighted by atomic mass is 31.2. The second kappa shape index (κ2) is 3.02. The number of nitrogens with one attached hydrogen (secondary N) is 1. The molecule has 76 valence electrons. The fraction of sp³-hybridized carbons (Fsp3) is 1.00. The predicted octanol–water partition coefficient (Wildman–Crippen LogP) is -0.552. The van der Waals surface area contributed by atoms with Crippen LogP contribution in [0.15, 0.2) is 0 Å². The lowest BCUT2D eigenvalue weighted by Gasteiger charge is -2.47. The van der Waals surface area contributed by atoms with Crippen LogP contribution < -0.4 is 5.43 Å². The van der Waals surface area contributed by atoms with Gasteiger partial charge < -0.3 is 9.79 Å². The van der Waals surface area contributed by atoms with E-state index in [9.17, 15) is 4.57 Å². The third kappa shape index (κ3) is 2.10. The van der Waals surface area contributed by atoms with E-state index in [-0.39, 0.29) is 0 Å². The molecule has 3 aliphatic rings. The molecule has 3 heterocycles. The van der Waals surface area contributed by atoms with E-state index in [2.05, 4.69) is 5.43 Å². The molecule has 0 radical (unpaired) electrons. The summed E-state index contributed by atoms with van der Waals surface area (Å²) in [6.07, 6.45) is 1.37. The van der Waals surface area contributed by atoms with Gasteiger partial charge in [-0.15, -0.1) is 0 Å². The van der Waals surface area contributed by atoms with Gasteiger partial charge >= 0.3 is 7.82 Å². The van der Waals surface area contributed by atoms with Gasteiger partial charge in [0.15, 0.2) is 0 Å². The van der Waals surface area contributed by atoms with Crippen molar-refractivity contribution in [1.29, 1.82) is 0 Å². The zero-order chi connectivity index (χ0) is 9.53. The van der Waals surface area contributed by atoms with Crippen molar-refractivity contribution in [3.8, 4) is 0 Å². The molecule has 3 saturated heterocycles. The van der Waals surface area contributed by atoms with Gasteiger partial charge in [-0.25, -0.2) is 9.57 Å². The van der Waals surface area contributed by atoms with Gasteiger partial charge in [-0.3, -0.25) is 9.95 Å². The maximum absolute atomic E-state index is 10.7. The molecule has 3 fully saturated rings. The molecule has 13 heavy (non-hydrogen) atoms. The van der Waals surface area contributed by atoms with Crippen LogP contribution in [0.2, 0.25) is 0 Å². The normalized spacial score (nSPS) is 39.4. The van der Waals surface area contributed by atoms with Crippen molar-refractivity contribution in [3.05, 3.63) is 0 Å². The van der Waals surface area contributed by atoms with Crippen LogP contribution in [-0.2, 0) is 9.09 Å². The number of hydrogen-bond acceptors (Lipinski definition) is 4. The van der Waals surface area contributed by atoms with E-state index in [4.69, 9.17) is 14.3 Å². The average molecular weight is 208 g/mol. The topological polar surface area (TPSA) is 82.0 Å². The number of hydrazine groups is 1. The van der Waals surface area contributed by atoms with Crippen molar-refractivity contribution in [1.82, 2.24) is 10.4 Å². The molecular weight excluding hydrogens is 195 g/mol. The van der Waals surface area contributed by atoms with Crippen molar-refractivity contribution in [3.63, 3.8) is 0 Å². The molecule has 6 nitrogen and oxygen atoms in total. The second-order valence-corrected chi connectivity index (χ2v) is 4.75. The molecule has 3 aliphatic heterocycles. The minimum absolute atomic E-state index is 0.498. The summed E-state index contributed by atoms with van der Waals surface area (Å²) < 4.78 is 15.5. The van der Waals surface area contributed by atoms with Crippen LogP contribution in [0.5, 0.6) is 0 Å². The zero-order valence-corrected chi connectivity index (χ0v) is 8.04. The molecule has 3 N–H and O–H groups in total. The Balaban J connectivity index is 2.07. The molecule has 0 saturated carbocycles. The van der Waals surface area contributed by atoms with Crippen molar-refractivity contribution in [2.45, 2.75) is 18.4 Å². The SMILES string of the molecule is O=P(O)(O)OC12CCN(CC1)NC2. The summed E-state index contributed by atoms with van der Waals surface area (Å²) in [5.41, 5.74) is 2.40. The lowest BCUT2D eigenvalue weighted by molar-refractivity contribution is -0.0834. The Morgan fingerprint density at radius 3 is 2.38 bits per heavy atom. The summed E-state index contributed by atoms with van der Waals surface area (Å²) in [5, 5.41) is 2.05. The Bertz CT molecular complexity index is 231. The molecule has 2 bridgehead atoms. The smallest absolute Gasteiger partial charge is 0.303 e. The fourth-order valence-corrected chi connectivity index (χ4v) is 2.63. The van der Waals surface area contributed by atoms with Crippen LogP contribution in [0.3, 0.4) is 0 Å². The highest BCUT2D eigenvalue weighted by Gasteiger charge is 2.44. The molecule has 0 aromatic rings. The number of phosphoric acid groups is 1. The summed E-state index contributed by atoms with van der Waals surface area (Å²) in [4.78, 5) is 17.5. The van der Waals surface area contributed by atoms with Crippen molar-refractivity contribution in [2.24, 2.45) is 0 Å². The first-order valence-electron chi connectivity index (χ1n) is 4.24. The number of rotatable bonds is 2. The Labute approximate surface area is 76.1 Å². The van der Waals surface area contributed by atoms with Crippen molar-refractivity contribution < 1.29 is 18.9 Å². The Kier molecular flexibility index (Phi) is 2.22. The van der Waals surface area contributed by atoms with Crippen LogP contribution in [0, 0.1) is 0 Å². The summed E-state index contributed by atoms with van der Waals surface area (Å²) in [7, 11) is -4.35. The van der Waals surface area contributed by atoms with Crippen LogP contribution in [0.4, 0.5) is 0 Å². The minimum atomic E-state index is -4.35. The molecule has 0 atom stereocenters. The predicted molar refractivity (Wildman–Crippen MR) is 44.7 cm³/mol. The van der Waals surface area contributed by atoms with Gasteiger partial charge in [-0.2, -0.15) is 0 Å². The van der Waals surface area contributed by atoms with Crippen LogP contribution >= 0.6 is 7.82 Å². The molecule has 0 aromatic heterocycles. The van der Waals surface area contributed by atoms with Gasteiger partial charge in [-0.1, -0.05) is 0 Å². The summed E-state index contributed by atoms with van der Waals surface area (Å²) >= 11 is 0. The summed E-state index contributed by atoms with van der Waals surface area (Å²) in [6, 6.07) is 0. The van der Waals surface area contributed by atoms with Gasteiger partial charge in [0.05, 0.1) is 5.60 Å². The van der Waals surface area contributed by atoms with Crippen LogP contribution in [-0.4, -0.2) is 40.0 Å². The first-order valence-corrected chi connectivity index (χ1v) is 5.77. The number of piperidine rings is 1. The number of nitrogens with zero attached hydrogens (tertiary/aromatic N) is 1. The van der Waals surface area contributed by atoms with E-state index in [1.807, 2.05) is 5.01 Å². The Morgan fingerprint density at radius 2 is 2.00 bits per heavy atom. The summed E-state index contributed by atoms with van der Waals surface area (Å²) in [6.45, 7) is 2.08. The van der Waals surface area contributed by atoms with E-state index in [0.29, 0.717) is 19.4 Å². The van der Waals surface area contributed by atoms with Gasteiger partial charge in [0, 0.05) is 19.6 Å². The molecular formula is C6H13N2O4P. The Morgan fingerprint density at radius 1 is 1.38 bits per heavy atom. The third-order valence-electron chi connectivity index (χ3n) is 2.61. The molecule has 7 heteroatoms. The molecule has 3 rings (SSSR count). The lowest BCUT2D eigenvalue weighted by atomic mass is 9.90. The maximum atomic E-state index is 10.7. The largest absolute Gasteiger partial charge is 0.470 e. The Hall–Kier alpha value is 0.0300. The second-order valence-electron chi connectivity index (χ2n) is 3.59. The molecule has 0 amide bonds. The zero-order valence-electron chi connectivity index (χ0n) is 7.14. The van der Waals surface area contributed by atoms with E-state index < -0.39 is 13.4 Å². The van der Waals surface area contributed by atoms with Crippen LogP contribution in [0.25, 0.3) is 0 Å². The lowest BCUT2D eigenvalue weighted by Crippen LogP contribution is -2.62. The van der Waals surface area contributed by atoms with Crippen molar-refractivity contribution in [2.75, 3.05) is 19.6 Å². The molecule has 0 unspecified atom stereocenters. The first kappa shape index (κ1) is 9.58. The van der Waals surface area contributed by atoms with Gasteiger partial charge in [-0.05, 0) is 12.8 Å². The number of phosphoric ester groups is 1. The standard InChI is InChI=1S/C6H13N2O4P/c9-13(10,11)12-6-1-3-8(4-2-6)7-5-6/h7H,1-5H2,(H2,9,10,11). The highest BCUT2D eigenvalue weighted by Crippen LogP contribution is 2.45. The maximum Gasteiger partial charge on any atom is 0.470 e. The van der Waals surface area contributed by atoms with Crippen molar-refractivity contribution >= 4 is 7.82 Å². The van der Waals surface area contributed by atoms with E-state index in [0.717, 1.165) is 13.1 Å². The quantitative estimate of drug-likeness (QED) is 0.528. The van der Waals surface area contributed by atoms with E-state index in [1.165, 1.54) is 0 Å². The van der Waals surface area contributed by atoms with Gasteiger partial charge in [0.2, 0.25) is 0 Å². The molecule has 0 aromatic carbocycles. The van der Waals surface area contributed by atoms with E-state index >= 15 is 0 Å². The third-order valence-corrected chi connectivity index (χ3v) is 3.24. The monoisotopic (exact) mass is 208 g/mol. The fourth-order valence-electron chi connectivity index (χ4n) is 1.88. The number of hydrogen-bond donors (Lipinski definition) is 3. The van der Waals surface area contributed by atoms with Gasteiger partial charge in [0.25, 0.3) is 0 Å². The molecule has 0 aliphatic carbocycles. The van der Waals surface area contributed by atoms with Crippen LogP contribution in [0.1, 0.15) is 12.8 Å².